The van der Waals surface area contributed by atoms with Gasteiger partial charge in [0.15, 0.2) is 11.5 Å². The van der Waals surface area contributed by atoms with Crippen LogP contribution in [-0.2, 0) is 11.2 Å². The average Bonchev–Trinajstić information content (AvgIpc) is 3.15. The Morgan fingerprint density at radius 1 is 1.15 bits per heavy atom. The molecule has 1 unspecified atom stereocenters. The van der Waals surface area contributed by atoms with Gasteiger partial charge in [0.1, 0.15) is 11.9 Å². The maximum absolute atomic E-state index is 11.3. The second-order valence-corrected chi connectivity index (χ2v) is 6.13. The van der Waals surface area contributed by atoms with Crippen molar-refractivity contribution >= 4 is 11.6 Å². The van der Waals surface area contributed by atoms with Gasteiger partial charge in [-0.3, -0.25) is 9.78 Å². The lowest BCUT2D eigenvalue weighted by atomic mass is 10.1. The molecule has 0 fully saturated rings. The minimum Gasteiger partial charge on any atom is -0.479 e. The van der Waals surface area contributed by atoms with E-state index in [0.717, 1.165) is 11.3 Å². The first-order valence-electron chi connectivity index (χ1n) is 8.64. The molecule has 5 heteroatoms. The van der Waals surface area contributed by atoms with E-state index in [0.29, 0.717) is 29.4 Å². The van der Waals surface area contributed by atoms with Crippen molar-refractivity contribution in [2.75, 3.05) is 5.32 Å². The van der Waals surface area contributed by atoms with E-state index < -0.39 is 0 Å². The highest BCUT2D eigenvalue weighted by Gasteiger charge is 2.28. The Kier molecular flexibility index (Phi) is 4.58. The van der Waals surface area contributed by atoms with Gasteiger partial charge < -0.3 is 14.8 Å². The second kappa shape index (κ2) is 7.33. The molecule has 3 aromatic rings. The predicted molar refractivity (Wildman–Crippen MR) is 103 cm³/mol. The third-order valence-electron chi connectivity index (χ3n) is 4.29. The zero-order chi connectivity index (χ0) is 18.6. The fourth-order valence-corrected chi connectivity index (χ4v) is 2.96. The molecule has 0 saturated carbocycles. The van der Waals surface area contributed by atoms with Crippen molar-refractivity contribution in [1.29, 1.82) is 0 Å². The van der Waals surface area contributed by atoms with Gasteiger partial charge in [0.2, 0.25) is 5.91 Å². The second-order valence-electron chi connectivity index (χ2n) is 6.13. The van der Waals surface area contributed by atoms with Crippen LogP contribution in [0.3, 0.4) is 0 Å². The smallest absolute Gasteiger partial charge is 0.247 e. The highest BCUT2D eigenvalue weighted by atomic mass is 16.5. The standard InChI is InChI=1S/C22H18N2O3/c1-2-21(25)24-16-8-10-17(11-9-16)26-19-12-13-23-18-14-20(27-22(18)19)15-6-4-3-5-7-15/h2-13,20H,1,14H2,(H,24,25). The van der Waals surface area contributed by atoms with E-state index in [9.17, 15) is 4.79 Å². The molecule has 0 spiro atoms. The first-order valence-corrected chi connectivity index (χ1v) is 8.64. The molecule has 5 nitrogen and oxygen atoms in total. The number of hydrogen-bond acceptors (Lipinski definition) is 4. The largest absolute Gasteiger partial charge is 0.479 e. The van der Waals surface area contributed by atoms with E-state index in [-0.39, 0.29) is 12.0 Å². The summed E-state index contributed by atoms with van der Waals surface area (Å²) in [5, 5.41) is 2.70. The van der Waals surface area contributed by atoms with Crippen LogP contribution in [0.2, 0.25) is 0 Å². The van der Waals surface area contributed by atoms with E-state index in [1.807, 2.05) is 30.3 Å². The number of aromatic nitrogens is 1. The molecule has 1 aromatic heterocycles. The summed E-state index contributed by atoms with van der Waals surface area (Å²) in [6, 6.07) is 19.0. The van der Waals surface area contributed by atoms with Crippen LogP contribution in [0.4, 0.5) is 5.69 Å². The molecular weight excluding hydrogens is 340 g/mol. The van der Waals surface area contributed by atoms with Gasteiger partial charge in [0.25, 0.3) is 0 Å². The van der Waals surface area contributed by atoms with Gasteiger partial charge in [0.05, 0.1) is 5.69 Å². The van der Waals surface area contributed by atoms with Crippen molar-refractivity contribution in [2.24, 2.45) is 0 Å². The van der Waals surface area contributed by atoms with E-state index in [1.54, 1.807) is 36.5 Å². The van der Waals surface area contributed by atoms with Crippen LogP contribution >= 0.6 is 0 Å². The first-order chi connectivity index (χ1) is 13.2. The molecule has 1 amide bonds. The summed E-state index contributed by atoms with van der Waals surface area (Å²) in [5.41, 5.74) is 2.67. The zero-order valence-electron chi connectivity index (χ0n) is 14.6. The van der Waals surface area contributed by atoms with Crippen molar-refractivity contribution in [3.63, 3.8) is 0 Å². The van der Waals surface area contributed by atoms with Crippen LogP contribution < -0.4 is 14.8 Å². The molecule has 27 heavy (non-hydrogen) atoms. The molecule has 134 valence electrons. The summed E-state index contributed by atoms with van der Waals surface area (Å²) in [4.78, 5) is 15.8. The molecule has 1 aliphatic heterocycles. The van der Waals surface area contributed by atoms with Crippen molar-refractivity contribution in [3.8, 4) is 17.2 Å². The van der Waals surface area contributed by atoms with Crippen LogP contribution in [0.1, 0.15) is 17.4 Å². The Labute approximate surface area is 157 Å². The number of fused-ring (bicyclic) bond motifs is 1. The van der Waals surface area contributed by atoms with E-state index >= 15 is 0 Å². The Balaban J connectivity index is 1.51. The number of nitrogens with zero attached hydrogens (tertiary/aromatic N) is 1. The third-order valence-corrected chi connectivity index (χ3v) is 4.29. The molecule has 2 aromatic carbocycles. The molecule has 1 N–H and O–H groups in total. The lowest BCUT2D eigenvalue weighted by Gasteiger charge is -2.13. The average molecular weight is 358 g/mol. The Hall–Kier alpha value is -3.60. The predicted octanol–water partition coefficient (Wildman–Crippen LogP) is 4.67. The number of anilines is 1. The van der Waals surface area contributed by atoms with Crippen LogP contribution in [0.25, 0.3) is 0 Å². The van der Waals surface area contributed by atoms with Crippen molar-refractivity contribution in [2.45, 2.75) is 12.5 Å². The number of rotatable bonds is 5. The fourth-order valence-electron chi connectivity index (χ4n) is 2.96. The van der Waals surface area contributed by atoms with Crippen LogP contribution in [0.5, 0.6) is 17.2 Å². The zero-order valence-corrected chi connectivity index (χ0v) is 14.6. The maximum Gasteiger partial charge on any atom is 0.247 e. The van der Waals surface area contributed by atoms with Gasteiger partial charge in [-0.15, -0.1) is 0 Å². The molecular formula is C22H18N2O3. The molecule has 0 aliphatic carbocycles. The van der Waals surface area contributed by atoms with Gasteiger partial charge >= 0.3 is 0 Å². The molecule has 2 heterocycles. The Morgan fingerprint density at radius 3 is 2.67 bits per heavy atom. The summed E-state index contributed by atoms with van der Waals surface area (Å²) >= 11 is 0. The highest BCUT2D eigenvalue weighted by molar-refractivity contribution is 5.98. The number of hydrogen-bond donors (Lipinski definition) is 1. The van der Waals surface area contributed by atoms with Crippen molar-refractivity contribution in [3.05, 3.63) is 90.8 Å². The topological polar surface area (TPSA) is 60.5 Å². The van der Waals surface area contributed by atoms with E-state index in [4.69, 9.17) is 9.47 Å². The number of carbonyl (C=O) groups excluding carboxylic acids is 1. The molecule has 4 rings (SSSR count). The summed E-state index contributed by atoms with van der Waals surface area (Å²) in [7, 11) is 0. The normalized spacial score (nSPS) is 14.7. The lowest BCUT2D eigenvalue weighted by molar-refractivity contribution is -0.111. The number of nitrogens with one attached hydrogen (secondary N) is 1. The highest BCUT2D eigenvalue weighted by Crippen LogP contribution is 2.43. The van der Waals surface area contributed by atoms with Gasteiger partial charge in [-0.05, 0) is 35.9 Å². The van der Waals surface area contributed by atoms with Crippen LogP contribution in [0, 0.1) is 0 Å². The SMILES string of the molecule is C=CC(=O)Nc1ccc(Oc2ccnc3c2OC(c2ccccc2)C3)cc1. The van der Waals surface area contributed by atoms with E-state index in [1.165, 1.54) is 6.08 Å². The van der Waals surface area contributed by atoms with Crippen LogP contribution in [-0.4, -0.2) is 10.9 Å². The summed E-state index contributed by atoms with van der Waals surface area (Å²) in [6.07, 6.45) is 3.60. The molecule has 0 saturated heterocycles. The van der Waals surface area contributed by atoms with Gasteiger partial charge in [0, 0.05) is 24.4 Å². The monoisotopic (exact) mass is 358 g/mol. The molecule has 1 aliphatic rings. The third kappa shape index (κ3) is 3.67. The molecule has 0 bridgehead atoms. The Morgan fingerprint density at radius 2 is 1.93 bits per heavy atom. The minimum absolute atomic E-state index is 0.0602. The van der Waals surface area contributed by atoms with Crippen molar-refractivity contribution < 1.29 is 14.3 Å². The number of ether oxygens (including phenoxy) is 2. The Bertz CT molecular complexity index is 969. The number of carbonyl (C=O) groups is 1. The molecule has 0 radical (unpaired) electrons. The van der Waals surface area contributed by atoms with Crippen molar-refractivity contribution in [1.82, 2.24) is 4.98 Å². The lowest BCUT2D eigenvalue weighted by Crippen LogP contribution is -2.06. The molecule has 1 atom stereocenters. The minimum atomic E-state index is -0.254. The van der Waals surface area contributed by atoms with Gasteiger partial charge in [-0.2, -0.15) is 0 Å². The fraction of sp³-hybridized carbons (Fsp3) is 0.0909. The van der Waals surface area contributed by atoms with Gasteiger partial charge in [-0.1, -0.05) is 36.9 Å². The number of amides is 1. The van der Waals surface area contributed by atoms with Crippen LogP contribution in [0.15, 0.2) is 79.5 Å². The van der Waals surface area contributed by atoms with E-state index in [2.05, 4.69) is 16.9 Å². The number of benzene rings is 2. The first kappa shape index (κ1) is 16.8. The maximum atomic E-state index is 11.3. The summed E-state index contributed by atoms with van der Waals surface area (Å²) in [5.74, 6) is 1.69. The summed E-state index contributed by atoms with van der Waals surface area (Å²) < 4.78 is 12.1. The van der Waals surface area contributed by atoms with Gasteiger partial charge in [-0.25, -0.2) is 0 Å². The number of pyridine rings is 1. The summed E-state index contributed by atoms with van der Waals surface area (Å²) in [6.45, 7) is 3.43. The quantitative estimate of drug-likeness (QED) is 0.673.